The van der Waals surface area contributed by atoms with Crippen molar-refractivity contribution in [3.8, 4) is 11.3 Å². The van der Waals surface area contributed by atoms with E-state index in [1.54, 1.807) is 0 Å². The predicted octanol–water partition coefficient (Wildman–Crippen LogP) is 4.03. The van der Waals surface area contributed by atoms with E-state index in [0.717, 1.165) is 6.07 Å². The molecule has 0 aliphatic heterocycles. The highest BCUT2D eigenvalue weighted by Gasteiger charge is 2.24. The van der Waals surface area contributed by atoms with Gasteiger partial charge in [-0.25, -0.2) is 9.18 Å². The molecule has 0 saturated heterocycles. The summed E-state index contributed by atoms with van der Waals surface area (Å²) in [6, 6.07) is 3.77. The average molecular weight is 298 g/mol. The Bertz CT molecular complexity index is 632. The lowest BCUT2D eigenvalue weighted by Crippen LogP contribution is -2.04. The van der Waals surface area contributed by atoms with Gasteiger partial charge in [-0.3, -0.25) is 0 Å². The molecule has 0 aliphatic carbocycles. The molecule has 2 rings (SSSR count). The molecule has 0 unspecified atom stereocenters. The van der Waals surface area contributed by atoms with Gasteiger partial charge in [0, 0.05) is 17.0 Å². The van der Waals surface area contributed by atoms with Gasteiger partial charge in [-0.1, -0.05) is 30.6 Å². The van der Waals surface area contributed by atoms with Crippen LogP contribution in [0.1, 0.15) is 30.0 Å². The molecule has 20 heavy (non-hydrogen) atoms. The minimum Gasteiger partial charge on any atom is -0.477 e. The van der Waals surface area contributed by atoms with E-state index in [-0.39, 0.29) is 33.5 Å². The monoisotopic (exact) mass is 297 g/mol. The summed E-state index contributed by atoms with van der Waals surface area (Å²) in [5.74, 6) is -1.22. The highest BCUT2D eigenvalue weighted by Crippen LogP contribution is 2.29. The number of aromatic nitrogens is 1. The Morgan fingerprint density at radius 2 is 2.15 bits per heavy atom. The van der Waals surface area contributed by atoms with E-state index in [2.05, 4.69) is 5.16 Å². The Morgan fingerprint density at radius 3 is 2.70 bits per heavy atom. The Balaban J connectivity index is 2.56. The zero-order chi connectivity index (χ0) is 14.9. The van der Waals surface area contributed by atoms with Crippen LogP contribution in [-0.2, 0) is 6.42 Å². The van der Waals surface area contributed by atoms with Gasteiger partial charge in [-0.2, -0.15) is 0 Å². The maximum atomic E-state index is 13.4. The van der Waals surface area contributed by atoms with Gasteiger partial charge in [0.1, 0.15) is 17.1 Å². The number of rotatable bonds is 4. The minimum atomic E-state index is -1.16. The van der Waals surface area contributed by atoms with Crippen LogP contribution < -0.4 is 0 Å². The summed E-state index contributed by atoms with van der Waals surface area (Å²) in [6.07, 6.45) is 0.442. The predicted molar refractivity (Wildman–Crippen MR) is 72.4 cm³/mol. The van der Waals surface area contributed by atoms with E-state index in [0.29, 0.717) is 6.42 Å². The second-order valence-electron chi connectivity index (χ2n) is 4.89. The molecule has 0 saturated carbocycles. The van der Waals surface area contributed by atoms with Gasteiger partial charge in [-0.15, -0.1) is 0 Å². The van der Waals surface area contributed by atoms with Gasteiger partial charge < -0.3 is 9.63 Å². The Morgan fingerprint density at radius 1 is 1.45 bits per heavy atom. The molecule has 1 aromatic heterocycles. The Kier molecular flexibility index (Phi) is 4.09. The highest BCUT2D eigenvalue weighted by molar-refractivity contribution is 6.30. The van der Waals surface area contributed by atoms with Crippen LogP contribution in [0.2, 0.25) is 5.02 Å². The van der Waals surface area contributed by atoms with Crippen LogP contribution in [0.5, 0.6) is 0 Å². The lowest BCUT2D eigenvalue weighted by Gasteiger charge is -2.03. The minimum absolute atomic E-state index is 0.0413. The molecule has 0 fully saturated rings. The topological polar surface area (TPSA) is 63.3 Å². The van der Waals surface area contributed by atoms with Gasteiger partial charge in [0.05, 0.1) is 0 Å². The van der Waals surface area contributed by atoms with Crippen LogP contribution in [0.25, 0.3) is 11.3 Å². The largest absolute Gasteiger partial charge is 0.477 e. The van der Waals surface area contributed by atoms with Crippen molar-refractivity contribution >= 4 is 17.6 Å². The molecule has 1 heterocycles. The molecule has 0 aliphatic rings. The van der Waals surface area contributed by atoms with Crippen LogP contribution in [0.4, 0.5) is 4.39 Å². The third-order valence-electron chi connectivity index (χ3n) is 2.71. The van der Waals surface area contributed by atoms with Crippen molar-refractivity contribution in [2.45, 2.75) is 20.3 Å². The summed E-state index contributed by atoms with van der Waals surface area (Å²) >= 11 is 5.78. The molecule has 4 nitrogen and oxygen atoms in total. The fourth-order valence-corrected chi connectivity index (χ4v) is 2.16. The highest BCUT2D eigenvalue weighted by atomic mass is 35.5. The van der Waals surface area contributed by atoms with Gasteiger partial charge in [0.2, 0.25) is 0 Å². The van der Waals surface area contributed by atoms with E-state index in [4.69, 9.17) is 16.1 Å². The number of carboxylic acid groups (broad SMARTS) is 1. The van der Waals surface area contributed by atoms with Crippen molar-refractivity contribution in [1.82, 2.24) is 5.16 Å². The molecule has 0 radical (unpaired) electrons. The van der Waals surface area contributed by atoms with E-state index < -0.39 is 11.8 Å². The number of carboxylic acids is 1. The molecular formula is C14H13ClFNO3. The second kappa shape index (κ2) is 5.63. The van der Waals surface area contributed by atoms with Gasteiger partial charge in [0.25, 0.3) is 0 Å². The first-order valence-electron chi connectivity index (χ1n) is 6.06. The molecule has 6 heteroatoms. The SMILES string of the molecule is CC(C)Cc1onc(-c2cc(F)cc(Cl)c2)c1C(=O)O. The number of benzene rings is 1. The van der Waals surface area contributed by atoms with Crippen molar-refractivity contribution in [3.05, 3.63) is 40.4 Å². The number of aromatic carboxylic acids is 1. The van der Waals surface area contributed by atoms with E-state index >= 15 is 0 Å². The van der Waals surface area contributed by atoms with Gasteiger partial charge in [-0.05, 0) is 24.1 Å². The van der Waals surface area contributed by atoms with E-state index in [9.17, 15) is 14.3 Å². The van der Waals surface area contributed by atoms with Crippen molar-refractivity contribution < 1.29 is 18.8 Å². The number of halogens is 2. The summed E-state index contributed by atoms with van der Waals surface area (Å²) < 4.78 is 18.5. The third-order valence-corrected chi connectivity index (χ3v) is 2.92. The zero-order valence-corrected chi connectivity index (χ0v) is 11.7. The molecular weight excluding hydrogens is 285 g/mol. The quantitative estimate of drug-likeness (QED) is 0.925. The fraction of sp³-hybridized carbons (Fsp3) is 0.286. The summed E-state index contributed by atoms with van der Waals surface area (Å²) in [6.45, 7) is 3.87. The molecule has 1 N–H and O–H groups in total. The third kappa shape index (κ3) is 2.99. The molecule has 106 valence electrons. The first kappa shape index (κ1) is 14.5. The van der Waals surface area contributed by atoms with Crippen LogP contribution in [0.15, 0.2) is 22.7 Å². The van der Waals surface area contributed by atoms with Gasteiger partial charge in [0.15, 0.2) is 5.76 Å². The fourth-order valence-electron chi connectivity index (χ4n) is 1.94. The van der Waals surface area contributed by atoms with Crippen molar-refractivity contribution in [2.75, 3.05) is 0 Å². The normalized spacial score (nSPS) is 11.1. The number of nitrogens with zero attached hydrogens (tertiary/aromatic N) is 1. The number of hydrogen-bond donors (Lipinski definition) is 1. The van der Waals surface area contributed by atoms with Crippen LogP contribution >= 0.6 is 11.6 Å². The van der Waals surface area contributed by atoms with E-state index in [1.807, 2.05) is 13.8 Å². The maximum absolute atomic E-state index is 13.4. The molecule has 0 bridgehead atoms. The maximum Gasteiger partial charge on any atom is 0.341 e. The Labute approximate surface area is 120 Å². The first-order valence-corrected chi connectivity index (χ1v) is 6.44. The molecule has 2 aromatic rings. The van der Waals surface area contributed by atoms with Gasteiger partial charge >= 0.3 is 5.97 Å². The Hall–Kier alpha value is -1.88. The summed E-state index contributed by atoms with van der Waals surface area (Å²) in [5, 5.41) is 13.3. The smallest absolute Gasteiger partial charge is 0.341 e. The van der Waals surface area contributed by atoms with Crippen molar-refractivity contribution in [1.29, 1.82) is 0 Å². The van der Waals surface area contributed by atoms with Crippen LogP contribution in [-0.4, -0.2) is 16.2 Å². The van der Waals surface area contributed by atoms with E-state index in [1.165, 1.54) is 12.1 Å². The van der Waals surface area contributed by atoms with Crippen molar-refractivity contribution in [2.24, 2.45) is 5.92 Å². The second-order valence-corrected chi connectivity index (χ2v) is 5.33. The summed E-state index contributed by atoms with van der Waals surface area (Å²) in [7, 11) is 0. The standard InChI is InChI=1S/C14H13ClFNO3/c1-7(2)3-11-12(14(18)19)13(17-20-11)8-4-9(15)6-10(16)5-8/h4-7H,3H2,1-2H3,(H,18,19). The summed E-state index contributed by atoms with van der Waals surface area (Å²) in [5.41, 5.74) is 0.334. The molecule has 0 amide bonds. The number of carbonyl (C=O) groups is 1. The lowest BCUT2D eigenvalue weighted by atomic mass is 10.0. The average Bonchev–Trinajstić information content (AvgIpc) is 2.70. The van der Waals surface area contributed by atoms with Crippen molar-refractivity contribution in [3.63, 3.8) is 0 Å². The first-order chi connectivity index (χ1) is 9.38. The zero-order valence-electron chi connectivity index (χ0n) is 11.0. The van der Waals surface area contributed by atoms with Crippen LogP contribution in [0.3, 0.4) is 0 Å². The molecule has 0 atom stereocenters. The number of hydrogen-bond acceptors (Lipinski definition) is 3. The summed E-state index contributed by atoms with van der Waals surface area (Å²) in [4.78, 5) is 11.4. The van der Waals surface area contributed by atoms with Crippen LogP contribution in [0, 0.1) is 11.7 Å². The molecule has 0 spiro atoms. The molecule has 1 aromatic carbocycles. The lowest BCUT2D eigenvalue weighted by molar-refractivity contribution is 0.0695.